The average Bonchev–Trinajstić information content (AvgIpc) is 2.49. The molecule has 2 aromatic rings. The van der Waals surface area contributed by atoms with E-state index in [9.17, 15) is 4.79 Å². The van der Waals surface area contributed by atoms with E-state index in [4.69, 9.17) is 21.4 Å². The first kappa shape index (κ1) is 15.5. The van der Waals surface area contributed by atoms with Crippen LogP contribution < -0.4 is 0 Å². The van der Waals surface area contributed by atoms with Crippen molar-refractivity contribution < 1.29 is 14.6 Å². The van der Waals surface area contributed by atoms with Gasteiger partial charge in [-0.3, -0.25) is 0 Å². The molecule has 1 atom stereocenters. The van der Waals surface area contributed by atoms with Crippen LogP contribution in [0.15, 0.2) is 48.5 Å². The minimum Gasteiger partial charge on any atom is -0.480 e. The van der Waals surface area contributed by atoms with Crippen LogP contribution in [0.4, 0.5) is 0 Å². The van der Waals surface area contributed by atoms with E-state index in [0.29, 0.717) is 5.02 Å². The van der Waals surface area contributed by atoms with Gasteiger partial charge in [-0.05, 0) is 35.2 Å². The standard InChI is InChI=1S/C17H17ClO3/c1-2-16(21-11-17(19)20)14-5-3-12(4-6-14)13-7-9-15(18)10-8-13/h3-10,16H,2,11H2,1H3,(H,19,20). The Kier molecular flexibility index (Phi) is 5.37. The monoisotopic (exact) mass is 304 g/mol. The number of ether oxygens (including phenoxy) is 1. The third-order valence-corrected chi connectivity index (χ3v) is 3.49. The second-order valence-electron chi connectivity index (χ2n) is 4.73. The second-order valence-corrected chi connectivity index (χ2v) is 5.17. The van der Waals surface area contributed by atoms with Crippen LogP contribution in [0.3, 0.4) is 0 Å². The molecule has 0 saturated carbocycles. The van der Waals surface area contributed by atoms with Crippen LogP contribution in [0.1, 0.15) is 25.0 Å². The number of halogens is 1. The molecule has 0 aliphatic rings. The predicted molar refractivity (Wildman–Crippen MR) is 83.5 cm³/mol. The Morgan fingerprint density at radius 2 is 1.62 bits per heavy atom. The van der Waals surface area contributed by atoms with E-state index < -0.39 is 5.97 Å². The van der Waals surface area contributed by atoms with E-state index in [-0.39, 0.29) is 12.7 Å². The van der Waals surface area contributed by atoms with Crippen LogP contribution in [-0.2, 0) is 9.53 Å². The van der Waals surface area contributed by atoms with Gasteiger partial charge in [0.15, 0.2) is 0 Å². The molecule has 3 nitrogen and oxygen atoms in total. The van der Waals surface area contributed by atoms with Gasteiger partial charge in [0.05, 0.1) is 6.10 Å². The third kappa shape index (κ3) is 4.31. The van der Waals surface area contributed by atoms with Gasteiger partial charge in [-0.15, -0.1) is 0 Å². The van der Waals surface area contributed by atoms with Crippen molar-refractivity contribution in [3.63, 3.8) is 0 Å². The summed E-state index contributed by atoms with van der Waals surface area (Å²) in [6.45, 7) is 1.69. The predicted octanol–water partition coefficient (Wildman–Crippen LogP) is 4.56. The van der Waals surface area contributed by atoms with Crippen LogP contribution in [0.2, 0.25) is 5.02 Å². The summed E-state index contributed by atoms with van der Waals surface area (Å²) in [6.07, 6.45) is 0.536. The maximum absolute atomic E-state index is 10.6. The minimum atomic E-state index is -0.953. The quantitative estimate of drug-likeness (QED) is 0.851. The highest BCUT2D eigenvalue weighted by Crippen LogP contribution is 2.26. The maximum Gasteiger partial charge on any atom is 0.329 e. The first-order valence-corrected chi connectivity index (χ1v) is 7.17. The lowest BCUT2D eigenvalue weighted by atomic mass is 10.0. The molecule has 0 aliphatic carbocycles. The molecular weight excluding hydrogens is 288 g/mol. The highest BCUT2D eigenvalue weighted by molar-refractivity contribution is 6.30. The lowest BCUT2D eigenvalue weighted by Gasteiger charge is -2.15. The smallest absolute Gasteiger partial charge is 0.329 e. The van der Waals surface area contributed by atoms with E-state index >= 15 is 0 Å². The molecule has 0 radical (unpaired) electrons. The summed E-state index contributed by atoms with van der Waals surface area (Å²) < 4.78 is 5.38. The van der Waals surface area contributed by atoms with E-state index in [1.54, 1.807) is 0 Å². The Hall–Kier alpha value is -1.84. The summed E-state index contributed by atoms with van der Waals surface area (Å²) in [4.78, 5) is 10.6. The van der Waals surface area contributed by atoms with Crippen molar-refractivity contribution in [2.75, 3.05) is 6.61 Å². The minimum absolute atomic E-state index is 0.194. The molecule has 0 amide bonds. The lowest BCUT2D eigenvalue weighted by Crippen LogP contribution is -2.11. The van der Waals surface area contributed by atoms with Gasteiger partial charge in [0.25, 0.3) is 0 Å². The van der Waals surface area contributed by atoms with Crippen LogP contribution in [0.25, 0.3) is 11.1 Å². The van der Waals surface area contributed by atoms with E-state index in [0.717, 1.165) is 23.1 Å². The first-order chi connectivity index (χ1) is 10.1. The molecule has 110 valence electrons. The summed E-state index contributed by atoms with van der Waals surface area (Å²) >= 11 is 5.88. The molecule has 0 saturated heterocycles. The van der Waals surface area contributed by atoms with Gasteiger partial charge < -0.3 is 9.84 Å². The van der Waals surface area contributed by atoms with Crippen LogP contribution in [0, 0.1) is 0 Å². The highest BCUT2D eigenvalue weighted by atomic mass is 35.5. The van der Waals surface area contributed by atoms with Crippen molar-refractivity contribution in [3.8, 4) is 11.1 Å². The molecule has 0 spiro atoms. The summed E-state index contributed by atoms with van der Waals surface area (Å²) in [6, 6.07) is 15.6. The van der Waals surface area contributed by atoms with Crippen molar-refractivity contribution in [1.29, 1.82) is 0 Å². The summed E-state index contributed by atoms with van der Waals surface area (Å²) in [5, 5.41) is 9.40. The van der Waals surface area contributed by atoms with Gasteiger partial charge in [-0.1, -0.05) is 54.9 Å². The Morgan fingerprint density at radius 1 is 1.10 bits per heavy atom. The molecule has 0 fully saturated rings. The van der Waals surface area contributed by atoms with Crippen molar-refractivity contribution in [2.45, 2.75) is 19.4 Å². The Balaban J connectivity index is 2.13. The lowest BCUT2D eigenvalue weighted by molar-refractivity contribution is -0.144. The summed E-state index contributed by atoms with van der Waals surface area (Å²) in [5.41, 5.74) is 3.16. The van der Waals surface area contributed by atoms with Crippen molar-refractivity contribution in [1.82, 2.24) is 0 Å². The number of rotatable bonds is 6. The highest BCUT2D eigenvalue weighted by Gasteiger charge is 2.11. The zero-order valence-corrected chi connectivity index (χ0v) is 12.5. The average molecular weight is 305 g/mol. The molecule has 0 aromatic heterocycles. The van der Waals surface area contributed by atoms with E-state index in [2.05, 4.69) is 0 Å². The Bertz CT molecular complexity index is 590. The third-order valence-electron chi connectivity index (χ3n) is 3.24. The zero-order chi connectivity index (χ0) is 15.2. The normalized spacial score (nSPS) is 12.1. The van der Waals surface area contributed by atoms with Crippen molar-refractivity contribution in [3.05, 3.63) is 59.1 Å². The SMILES string of the molecule is CCC(OCC(=O)O)c1ccc(-c2ccc(Cl)cc2)cc1. The molecule has 0 heterocycles. The summed E-state index contributed by atoms with van der Waals surface area (Å²) in [7, 11) is 0. The molecular formula is C17H17ClO3. The molecule has 21 heavy (non-hydrogen) atoms. The zero-order valence-electron chi connectivity index (χ0n) is 11.8. The number of carbonyl (C=O) groups is 1. The molecule has 1 N–H and O–H groups in total. The van der Waals surface area contributed by atoms with Gasteiger partial charge in [0, 0.05) is 5.02 Å². The number of carboxylic acids is 1. The van der Waals surface area contributed by atoms with Gasteiger partial charge in [0.2, 0.25) is 0 Å². The molecule has 0 aliphatic heterocycles. The number of hydrogen-bond acceptors (Lipinski definition) is 2. The maximum atomic E-state index is 10.6. The van der Waals surface area contributed by atoms with Gasteiger partial charge >= 0.3 is 5.97 Å². The first-order valence-electron chi connectivity index (χ1n) is 6.79. The molecule has 4 heteroatoms. The van der Waals surface area contributed by atoms with E-state index in [1.807, 2.05) is 55.5 Å². The fourth-order valence-electron chi connectivity index (χ4n) is 2.15. The largest absolute Gasteiger partial charge is 0.480 e. The second kappa shape index (κ2) is 7.25. The van der Waals surface area contributed by atoms with Gasteiger partial charge in [0.1, 0.15) is 6.61 Å². The van der Waals surface area contributed by atoms with Crippen LogP contribution in [-0.4, -0.2) is 17.7 Å². The van der Waals surface area contributed by atoms with Crippen molar-refractivity contribution >= 4 is 17.6 Å². The Morgan fingerprint density at radius 3 is 2.10 bits per heavy atom. The van der Waals surface area contributed by atoms with E-state index in [1.165, 1.54) is 0 Å². The van der Waals surface area contributed by atoms with Crippen LogP contribution >= 0.6 is 11.6 Å². The van der Waals surface area contributed by atoms with Crippen molar-refractivity contribution in [2.24, 2.45) is 0 Å². The number of hydrogen-bond donors (Lipinski definition) is 1. The number of benzene rings is 2. The topological polar surface area (TPSA) is 46.5 Å². The van der Waals surface area contributed by atoms with Crippen LogP contribution in [0.5, 0.6) is 0 Å². The number of aliphatic carboxylic acids is 1. The van der Waals surface area contributed by atoms with Gasteiger partial charge in [-0.2, -0.15) is 0 Å². The fraction of sp³-hybridized carbons (Fsp3) is 0.235. The fourth-order valence-corrected chi connectivity index (χ4v) is 2.28. The molecule has 2 aromatic carbocycles. The molecule has 0 bridgehead atoms. The Labute approximate surface area is 129 Å². The summed E-state index contributed by atoms with van der Waals surface area (Å²) in [5.74, 6) is -0.953. The van der Waals surface area contributed by atoms with Gasteiger partial charge in [-0.25, -0.2) is 4.79 Å². The number of carboxylic acid groups (broad SMARTS) is 1. The molecule has 2 rings (SSSR count). The molecule has 1 unspecified atom stereocenters.